The van der Waals surface area contributed by atoms with Crippen molar-refractivity contribution in [2.75, 3.05) is 0 Å². The van der Waals surface area contributed by atoms with Crippen LogP contribution in [0, 0.1) is 11.3 Å². The summed E-state index contributed by atoms with van der Waals surface area (Å²) in [5, 5.41) is 11.9. The molecular weight excluding hydrogens is 288 g/mol. The Morgan fingerprint density at radius 1 is 1.26 bits per heavy atom. The van der Waals surface area contributed by atoms with Gasteiger partial charge in [-0.05, 0) is 34.8 Å². The summed E-state index contributed by atoms with van der Waals surface area (Å²) >= 11 is 0. The number of rotatable bonds is 4. The molecule has 2 aromatic rings. The first-order valence-electron chi connectivity index (χ1n) is 7.43. The molecule has 0 saturated heterocycles. The van der Waals surface area contributed by atoms with E-state index in [-0.39, 0.29) is 17.5 Å². The van der Waals surface area contributed by atoms with Crippen molar-refractivity contribution >= 4 is 12.0 Å². The molecule has 0 fully saturated rings. The number of nitrogens with zero attached hydrogens (tertiary/aromatic N) is 1. The largest absolute Gasteiger partial charge is 0.467 e. The number of benzene rings is 1. The molecule has 0 bridgehead atoms. The highest BCUT2D eigenvalue weighted by Gasteiger charge is 2.13. The van der Waals surface area contributed by atoms with Crippen LogP contribution in [0.15, 0.2) is 52.7 Å². The molecule has 1 aromatic heterocycles. The van der Waals surface area contributed by atoms with E-state index in [2.05, 4.69) is 26.1 Å². The maximum absolute atomic E-state index is 12.1. The van der Waals surface area contributed by atoms with Crippen LogP contribution in [0.25, 0.3) is 6.08 Å². The first-order valence-corrected chi connectivity index (χ1v) is 7.43. The van der Waals surface area contributed by atoms with Crippen molar-refractivity contribution in [3.8, 4) is 6.07 Å². The minimum atomic E-state index is -0.413. The van der Waals surface area contributed by atoms with Gasteiger partial charge in [-0.3, -0.25) is 4.79 Å². The van der Waals surface area contributed by atoms with E-state index in [9.17, 15) is 10.1 Å². The Labute approximate surface area is 136 Å². The van der Waals surface area contributed by atoms with Gasteiger partial charge in [0.2, 0.25) is 0 Å². The maximum Gasteiger partial charge on any atom is 0.262 e. The normalized spacial score (nSPS) is 11.8. The van der Waals surface area contributed by atoms with Crippen molar-refractivity contribution in [2.45, 2.75) is 32.7 Å². The third-order valence-electron chi connectivity index (χ3n) is 3.46. The average molecular weight is 308 g/mol. The SMILES string of the molecule is CC(C)(C)c1ccc(/C=C(\C#N)C(=O)NCc2ccco2)cc1. The third-order valence-corrected chi connectivity index (χ3v) is 3.46. The highest BCUT2D eigenvalue weighted by atomic mass is 16.3. The summed E-state index contributed by atoms with van der Waals surface area (Å²) in [6, 6.07) is 13.3. The second-order valence-corrected chi connectivity index (χ2v) is 6.30. The average Bonchev–Trinajstić information content (AvgIpc) is 3.03. The zero-order chi connectivity index (χ0) is 16.9. The van der Waals surface area contributed by atoms with Gasteiger partial charge in [-0.25, -0.2) is 0 Å². The molecule has 1 N–H and O–H groups in total. The standard InChI is InChI=1S/C19H20N2O2/c1-19(2,3)16-8-6-14(7-9-16)11-15(12-20)18(22)21-13-17-5-4-10-23-17/h4-11H,13H2,1-3H3,(H,21,22)/b15-11+. The lowest BCUT2D eigenvalue weighted by Gasteiger charge is -2.18. The van der Waals surface area contributed by atoms with E-state index in [1.165, 1.54) is 5.56 Å². The second kappa shape index (κ2) is 6.97. The van der Waals surface area contributed by atoms with Crippen LogP contribution in [0.4, 0.5) is 0 Å². The summed E-state index contributed by atoms with van der Waals surface area (Å²) in [4.78, 5) is 12.1. The molecule has 1 amide bonds. The van der Waals surface area contributed by atoms with Crippen molar-refractivity contribution in [1.82, 2.24) is 5.32 Å². The van der Waals surface area contributed by atoms with Crippen LogP contribution in [0.1, 0.15) is 37.7 Å². The van der Waals surface area contributed by atoms with E-state index in [0.29, 0.717) is 5.76 Å². The lowest BCUT2D eigenvalue weighted by atomic mass is 9.86. The number of carbonyl (C=O) groups is 1. The number of nitriles is 1. The molecule has 4 nitrogen and oxygen atoms in total. The molecule has 118 valence electrons. The van der Waals surface area contributed by atoms with Gasteiger partial charge in [0.15, 0.2) is 0 Å². The molecule has 0 aliphatic carbocycles. The van der Waals surface area contributed by atoms with Crippen molar-refractivity contribution in [3.63, 3.8) is 0 Å². The van der Waals surface area contributed by atoms with Crippen molar-refractivity contribution in [2.24, 2.45) is 0 Å². The molecule has 0 atom stereocenters. The Kier molecular flexibility index (Phi) is 5.02. The topological polar surface area (TPSA) is 66.0 Å². The summed E-state index contributed by atoms with van der Waals surface area (Å²) in [6.07, 6.45) is 3.13. The van der Waals surface area contributed by atoms with Crippen LogP contribution in [-0.4, -0.2) is 5.91 Å². The summed E-state index contributed by atoms with van der Waals surface area (Å²) in [5.41, 5.74) is 2.17. The summed E-state index contributed by atoms with van der Waals surface area (Å²) in [5.74, 6) is 0.231. The summed E-state index contributed by atoms with van der Waals surface area (Å²) in [6.45, 7) is 6.68. The lowest BCUT2D eigenvalue weighted by Crippen LogP contribution is -2.23. The van der Waals surface area contributed by atoms with E-state index in [1.54, 1.807) is 24.5 Å². The van der Waals surface area contributed by atoms with Gasteiger partial charge in [-0.15, -0.1) is 0 Å². The smallest absolute Gasteiger partial charge is 0.262 e. The molecule has 23 heavy (non-hydrogen) atoms. The third kappa shape index (κ3) is 4.58. The van der Waals surface area contributed by atoms with Crippen LogP contribution >= 0.6 is 0 Å². The van der Waals surface area contributed by atoms with Crippen molar-refractivity contribution < 1.29 is 9.21 Å². The lowest BCUT2D eigenvalue weighted by molar-refractivity contribution is -0.117. The monoisotopic (exact) mass is 308 g/mol. The molecule has 0 radical (unpaired) electrons. The van der Waals surface area contributed by atoms with E-state index in [1.807, 2.05) is 30.3 Å². The highest BCUT2D eigenvalue weighted by Crippen LogP contribution is 2.22. The number of amides is 1. The summed E-state index contributed by atoms with van der Waals surface area (Å²) in [7, 11) is 0. The van der Waals surface area contributed by atoms with E-state index >= 15 is 0 Å². The molecule has 0 saturated carbocycles. The van der Waals surface area contributed by atoms with Crippen LogP contribution < -0.4 is 5.32 Å². The molecule has 0 aliphatic heterocycles. The Hall–Kier alpha value is -2.80. The second-order valence-electron chi connectivity index (χ2n) is 6.30. The number of hydrogen-bond acceptors (Lipinski definition) is 3. The number of carbonyl (C=O) groups excluding carboxylic acids is 1. The van der Waals surface area contributed by atoms with Gasteiger partial charge >= 0.3 is 0 Å². The number of furan rings is 1. The van der Waals surface area contributed by atoms with Gasteiger partial charge in [0.05, 0.1) is 12.8 Å². The predicted molar refractivity (Wildman–Crippen MR) is 89.3 cm³/mol. The minimum Gasteiger partial charge on any atom is -0.467 e. The zero-order valence-electron chi connectivity index (χ0n) is 13.6. The van der Waals surface area contributed by atoms with E-state index < -0.39 is 5.91 Å². The Bertz CT molecular complexity index is 727. The van der Waals surface area contributed by atoms with Crippen LogP contribution in [0.3, 0.4) is 0 Å². The van der Waals surface area contributed by atoms with Gasteiger partial charge < -0.3 is 9.73 Å². The van der Waals surface area contributed by atoms with Gasteiger partial charge in [-0.1, -0.05) is 45.0 Å². The molecule has 0 spiro atoms. The van der Waals surface area contributed by atoms with E-state index in [4.69, 9.17) is 4.42 Å². The quantitative estimate of drug-likeness (QED) is 0.690. The number of nitrogens with one attached hydrogen (secondary N) is 1. The number of hydrogen-bond donors (Lipinski definition) is 1. The molecule has 4 heteroatoms. The van der Waals surface area contributed by atoms with Crippen molar-refractivity contribution in [1.29, 1.82) is 5.26 Å². The molecule has 2 rings (SSSR count). The first kappa shape index (κ1) is 16.6. The molecule has 0 unspecified atom stereocenters. The van der Waals surface area contributed by atoms with Crippen molar-refractivity contribution in [3.05, 3.63) is 65.1 Å². The fourth-order valence-electron chi connectivity index (χ4n) is 2.07. The minimum absolute atomic E-state index is 0.0695. The van der Waals surface area contributed by atoms with Crippen LogP contribution in [0.2, 0.25) is 0 Å². The van der Waals surface area contributed by atoms with E-state index in [0.717, 1.165) is 5.56 Å². The summed E-state index contributed by atoms with van der Waals surface area (Å²) < 4.78 is 5.14. The molecular formula is C19H20N2O2. The Balaban J connectivity index is 2.08. The van der Waals surface area contributed by atoms with Gasteiger partial charge in [0, 0.05) is 0 Å². The Morgan fingerprint density at radius 3 is 2.48 bits per heavy atom. The Morgan fingerprint density at radius 2 is 1.96 bits per heavy atom. The molecule has 1 heterocycles. The molecule has 1 aromatic carbocycles. The fourth-order valence-corrected chi connectivity index (χ4v) is 2.07. The van der Waals surface area contributed by atoms with Gasteiger partial charge in [0.25, 0.3) is 5.91 Å². The van der Waals surface area contributed by atoms with Gasteiger partial charge in [-0.2, -0.15) is 5.26 Å². The zero-order valence-corrected chi connectivity index (χ0v) is 13.6. The molecule has 0 aliphatic rings. The predicted octanol–water partition coefficient (Wildman–Crippen LogP) is 3.80. The highest BCUT2D eigenvalue weighted by molar-refractivity contribution is 6.01. The maximum atomic E-state index is 12.1. The van der Waals surface area contributed by atoms with Gasteiger partial charge in [0.1, 0.15) is 17.4 Å². The van der Waals surface area contributed by atoms with Crippen LogP contribution in [0.5, 0.6) is 0 Å². The fraction of sp³-hybridized carbons (Fsp3) is 0.263. The van der Waals surface area contributed by atoms with Crippen LogP contribution in [-0.2, 0) is 16.8 Å². The first-order chi connectivity index (χ1) is 10.9.